The summed E-state index contributed by atoms with van der Waals surface area (Å²) in [6, 6.07) is 5.50. The molecule has 0 spiro atoms. The van der Waals surface area contributed by atoms with E-state index in [4.69, 9.17) is 4.74 Å². The summed E-state index contributed by atoms with van der Waals surface area (Å²) in [6.07, 6.45) is 3.65. The number of nitro benzene ring substituents is 1. The number of aliphatic hydroxyl groups is 1. The number of non-ortho nitro benzene ring substituents is 1. The molecule has 1 N–H and O–H groups in total. The minimum Gasteiger partial charge on any atom is -0.456 e. The summed E-state index contributed by atoms with van der Waals surface area (Å²) in [5.74, 6) is -0.554. The van der Waals surface area contributed by atoms with E-state index in [0.29, 0.717) is 5.56 Å². The number of hydrogen-bond donors (Lipinski definition) is 1. The number of carbonyl (C=O) groups is 2. The van der Waals surface area contributed by atoms with Crippen LogP contribution in [0.2, 0.25) is 0 Å². The van der Waals surface area contributed by atoms with Crippen molar-refractivity contribution in [2.24, 2.45) is 11.8 Å². The lowest BCUT2D eigenvalue weighted by Gasteiger charge is -2.46. The van der Waals surface area contributed by atoms with Crippen LogP contribution in [0, 0.1) is 22.0 Å². The summed E-state index contributed by atoms with van der Waals surface area (Å²) in [6.45, 7) is 4.27. The third-order valence-electron chi connectivity index (χ3n) is 6.72. The number of esters is 1. The lowest BCUT2D eigenvalue weighted by atomic mass is 9.79. The van der Waals surface area contributed by atoms with Gasteiger partial charge in [-0.05, 0) is 24.6 Å². The SMILES string of the molecule is CC(O)[C@H]1C(=O)N2C(C(=O)OCc3ccc([N+](=O)[O-])cc3)=C(SC3Cc4nccn4C3)[C@H](C)[C@H]12. The zero-order valence-corrected chi connectivity index (χ0v) is 19.5. The molecular weight excluding hydrogens is 460 g/mol. The molecule has 0 bridgehead atoms. The van der Waals surface area contributed by atoms with Gasteiger partial charge in [-0.1, -0.05) is 6.92 Å². The third-order valence-corrected chi connectivity index (χ3v) is 8.19. The van der Waals surface area contributed by atoms with Crippen molar-refractivity contribution >= 4 is 29.3 Å². The van der Waals surface area contributed by atoms with Crippen LogP contribution in [-0.2, 0) is 33.9 Å². The van der Waals surface area contributed by atoms with Crippen molar-refractivity contribution in [3.63, 3.8) is 0 Å². The Morgan fingerprint density at radius 1 is 1.38 bits per heavy atom. The maximum atomic E-state index is 13.2. The molecule has 34 heavy (non-hydrogen) atoms. The van der Waals surface area contributed by atoms with Gasteiger partial charge in [0.1, 0.15) is 18.1 Å². The number of amides is 1. The maximum absolute atomic E-state index is 13.2. The Hall–Kier alpha value is -3.18. The highest BCUT2D eigenvalue weighted by Crippen LogP contribution is 2.52. The molecule has 11 heteroatoms. The van der Waals surface area contributed by atoms with E-state index >= 15 is 0 Å². The van der Waals surface area contributed by atoms with E-state index in [2.05, 4.69) is 9.55 Å². The van der Waals surface area contributed by atoms with Crippen molar-refractivity contribution in [1.82, 2.24) is 14.5 Å². The molecule has 1 saturated heterocycles. The highest BCUT2D eigenvalue weighted by molar-refractivity contribution is 8.03. The number of thioether (sulfide) groups is 1. The van der Waals surface area contributed by atoms with Crippen molar-refractivity contribution in [2.45, 2.75) is 50.8 Å². The van der Waals surface area contributed by atoms with Gasteiger partial charge in [-0.3, -0.25) is 14.9 Å². The molecule has 2 aromatic rings. The van der Waals surface area contributed by atoms with Crippen LogP contribution >= 0.6 is 11.8 Å². The second kappa shape index (κ2) is 8.55. The second-order valence-corrected chi connectivity index (χ2v) is 10.2. The molecule has 10 nitrogen and oxygen atoms in total. The highest BCUT2D eigenvalue weighted by Gasteiger charge is 2.60. The number of fused-ring (bicyclic) bond motifs is 2. The number of ether oxygens (including phenoxy) is 1. The van der Waals surface area contributed by atoms with Crippen LogP contribution < -0.4 is 0 Å². The van der Waals surface area contributed by atoms with E-state index in [0.717, 1.165) is 23.7 Å². The molecule has 0 aliphatic carbocycles. The first-order chi connectivity index (χ1) is 16.3. The summed E-state index contributed by atoms with van der Waals surface area (Å²) in [5, 5.41) is 21.2. The molecule has 1 fully saturated rings. The second-order valence-electron chi connectivity index (χ2n) is 8.91. The minimum absolute atomic E-state index is 0.0456. The molecule has 0 saturated carbocycles. The predicted octanol–water partition coefficient (Wildman–Crippen LogP) is 2.26. The van der Waals surface area contributed by atoms with E-state index < -0.39 is 22.9 Å². The Balaban J connectivity index is 1.37. The van der Waals surface area contributed by atoms with Crippen LogP contribution in [0.5, 0.6) is 0 Å². The molecule has 2 unspecified atom stereocenters. The highest BCUT2D eigenvalue weighted by atomic mass is 32.2. The number of nitrogens with zero attached hydrogens (tertiary/aromatic N) is 4. The Morgan fingerprint density at radius 3 is 2.76 bits per heavy atom. The Labute approximate surface area is 199 Å². The Bertz CT molecular complexity index is 1170. The molecule has 1 aromatic heterocycles. The lowest BCUT2D eigenvalue weighted by molar-refractivity contribution is -0.384. The summed E-state index contributed by atoms with van der Waals surface area (Å²) < 4.78 is 7.63. The monoisotopic (exact) mass is 484 g/mol. The van der Waals surface area contributed by atoms with Crippen LogP contribution in [0.3, 0.4) is 0 Å². The fourth-order valence-electron chi connectivity index (χ4n) is 5.04. The molecule has 5 atom stereocenters. The van der Waals surface area contributed by atoms with Crippen molar-refractivity contribution in [1.29, 1.82) is 0 Å². The van der Waals surface area contributed by atoms with Crippen LogP contribution in [0.25, 0.3) is 0 Å². The topological polar surface area (TPSA) is 128 Å². The van der Waals surface area contributed by atoms with Crippen molar-refractivity contribution < 1.29 is 24.4 Å². The van der Waals surface area contributed by atoms with Gasteiger partial charge in [-0.15, -0.1) is 11.8 Å². The maximum Gasteiger partial charge on any atom is 0.356 e. The average Bonchev–Trinajstić information content (AvgIpc) is 3.44. The van der Waals surface area contributed by atoms with E-state index in [1.807, 2.05) is 13.1 Å². The summed E-state index contributed by atoms with van der Waals surface area (Å²) in [4.78, 5) is 43.1. The number of nitro groups is 1. The van der Waals surface area contributed by atoms with E-state index in [1.54, 1.807) is 24.9 Å². The van der Waals surface area contributed by atoms with Gasteiger partial charge >= 0.3 is 5.97 Å². The van der Waals surface area contributed by atoms with Crippen LogP contribution in [0.4, 0.5) is 5.69 Å². The molecule has 1 amide bonds. The zero-order chi connectivity index (χ0) is 24.1. The van der Waals surface area contributed by atoms with Crippen LogP contribution in [-0.4, -0.2) is 53.8 Å². The molecule has 4 heterocycles. The molecule has 0 radical (unpaired) electrons. The molecule has 3 aliphatic heterocycles. The number of β-lactam (4-membered cyclic amide) rings is 1. The molecule has 3 aliphatic rings. The first-order valence-corrected chi connectivity index (χ1v) is 12.0. The molecule has 178 valence electrons. The van der Waals surface area contributed by atoms with Crippen LogP contribution in [0.1, 0.15) is 25.2 Å². The fourth-order valence-corrected chi connectivity index (χ4v) is 6.52. The molecular formula is C23H24N4O6S. The quantitative estimate of drug-likeness (QED) is 0.274. The lowest BCUT2D eigenvalue weighted by Crippen LogP contribution is -2.63. The van der Waals surface area contributed by atoms with Gasteiger partial charge in [0, 0.05) is 53.6 Å². The Morgan fingerprint density at radius 2 is 2.12 bits per heavy atom. The number of rotatable bonds is 7. The number of benzene rings is 1. The smallest absolute Gasteiger partial charge is 0.356 e. The number of aromatic nitrogens is 2. The Kier molecular flexibility index (Phi) is 5.68. The fraction of sp³-hybridized carbons (Fsp3) is 0.435. The largest absolute Gasteiger partial charge is 0.456 e. The van der Waals surface area contributed by atoms with E-state index in [9.17, 15) is 24.8 Å². The average molecular weight is 485 g/mol. The third kappa shape index (κ3) is 3.68. The summed E-state index contributed by atoms with van der Waals surface area (Å²) >= 11 is 1.58. The summed E-state index contributed by atoms with van der Waals surface area (Å²) in [7, 11) is 0. The number of hydrogen-bond acceptors (Lipinski definition) is 8. The van der Waals surface area contributed by atoms with Gasteiger partial charge in [0.25, 0.3) is 5.69 Å². The van der Waals surface area contributed by atoms with Gasteiger partial charge < -0.3 is 19.3 Å². The van der Waals surface area contributed by atoms with Gasteiger partial charge in [0.15, 0.2) is 0 Å². The number of aliphatic hydroxyl groups excluding tert-OH is 1. The number of imidazole rings is 1. The predicted molar refractivity (Wildman–Crippen MR) is 122 cm³/mol. The first kappa shape index (κ1) is 22.6. The van der Waals surface area contributed by atoms with Gasteiger partial charge in [0.2, 0.25) is 5.91 Å². The van der Waals surface area contributed by atoms with Gasteiger partial charge in [-0.2, -0.15) is 0 Å². The van der Waals surface area contributed by atoms with E-state index in [-0.39, 0.29) is 41.1 Å². The van der Waals surface area contributed by atoms with Gasteiger partial charge in [0.05, 0.1) is 23.0 Å². The summed E-state index contributed by atoms with van der Waals surface area (Å²) in [5.41, 5.74) is 0.806. The molecule has 1 aromatic carbocycles. The molecule has 5 rings (SSSR count). The number of carbonyl (C=O) groups excluding carboxylic acids is 2. The zero-order valence-electron chi connectivity index (χ0n) is 18.7. The normalized spacial score (nSPS) is 26.2. The van der Waals surface area contributed by atoms with Crippen molar-refractivity contribution in [2.75, 3.05) is 0 Å². The van der Waals surface area contributed by atoms with E-state index in [1.165, 1.54) is 29.2 Å². The van der Waals surface area contributed by atoms with Crippen LogP contribution in [0.15, 0.2) is 47.3 Å². The first-order valence-electron chi connectivity index (χ1n) is 11.1. The van der Waals surface area contributed by atoms with Crippen molar-refractivity contribution in [3.8, 4) is 0 Å². The van der Waals surface area contributed by atoms with Gasteiger partial charge in [-0.25, -0.2) is 9.78 Å². The van der Waals surface area contributed by atoms with Crippen molar-refractivity contribution in [3.05, 3.63) is 68.8 Å². The standard InChI is InChI=1S/C23H24N4O6S/c1-12-19-18(13(2)28)22(29)26(19)20(21(12)34-16-9-17-24-7-8-25(17)10-16)23(30)33-11-14-3-5-15(6-4-14)27(31)32/h3-8,12-13,16,18-19,28H,9-11H2,1-2H3/t12-,13?,16?,18-,19-/m1/s1. The minimum atomic E-state index is -0.811.